The van der Waals surface area contributed by atoms with Crippen molar-refractivity contribution in [1.29, 1.82) is 0 Å². The van der Waals surface area contributed by atoms with Gasteiger partial charge in [0.2, 0.25) is 5.95 Å². The summed E-state index contributed by atoms with van der Waals surface area (Å²) in [5, 5.41) is 0.976. The molecule has 1 aromatic carbocycles. The van der Waals surface area contributed by atoms with Gasteiger partial charge in [0.15, 0.2) is 11.2 Å². The number of aryl methyl sites for hydroxylation is 2. The van der Waals surface area contributed by atoms with Crippen LogP contribution in [0.15, 0.2) is 27.8 Å². The van der Waals surface area contributed by atoms with Crippen LogP contribution in [0.4, 0.5) is 5.95 Å². The maximum atomic E-state index is 14.0. The molecular weight excluding hydrogens is 528 g/mol. The van der Waals surface area contributed by atoms with Crippen molar-refractivity contribution in [2.45, 2.75) is 45.8 Å². The average molecular weight is 559 g/mol. The van der Waals surface area contributed by atoms with Crippen molar-refractivity contribution < 1.29 is 4.74 Å². The Kier molecular flexibility index (Phi) is 6.56. The lowest BCUT2D eigenvalue weighted by Gasteiger charge is -2.31. The molecule has 1 aliphatic heterocycles. The smallest absolute Gasteiger partial charge is 0.332 e. The van der Waals surface area contributed by atoms with Gasteiger partial charge in [-0.1, -0.05) is 5.92 Å². The molecule has 0 spiro atoms. The highest BCUT2D eigenvalue weighted by Gasteiger charge is 2.26. The first-order valence-corrected chi connectivity index (χ1v) is 14.0. The summed E-state index contributed by atoms with van der Waals surface area (Å²) in [4.78, 5) is 43.8. The fourth-order valence-electron chi connectivity index (χ4n) is 5.40. The first-order chi connectivity index (χ1) is 19.3. The van der Waals surface area contributed by atoms with Crippen LogP contribution in [0.5, 0.6) is 5.75 Å². The molecule has 0 unspecified atom stereocenters. The number of fused-ring (bicyclic) bond motifs is 4. The van der Waals surface area contributed by atoms with E-state index in [1.807, 2.05) is 25.1 Å². The summed E-state index contributed by atoms with van der Waals surface area (Å²) in [6.07, 6.45) is 1.86. The number of benzene rings is 1. The molecule has 0 aliphatic carbocycles. The van der Waals surface area contributed by atoms with Gasteiger partial charge in [0.25, 0.3) is 5.56 Å². The van der Waals surface area contributed by atoms with Gasteiger partial charge in [-0.3, -0.25) is 18.5 Å². The largest absolute Gasteiger partial charge is 0.497 e. The van der Waals surface area contributed by atoms with E-state index >= 15 is 0 Å². The molecular formula is C28H30N8O3S. The van der Waals surface area contributed by atoms with Gasteiger partial charge in [0.1, 0.15) is 11.6 Å². The van der Waals surface area contributed by atoms with Gasteiger partial charge in [0, 0.05) is 36.3 Å². The van der Waals surface area contributed by atoms with Gasteiger partial charge < -0.3 is 15.4 Å². The molecule has 40 heavy (non-hydrogen) atoms. The molecule has 5 aromatic rings. The number of nitrogens with two attached hydrogens (primary N) is 1. The van der Waals surface area contributed by atoms with Crippen molar-refractivity contribution in [1.82, 2.24) is 28.7 Å². The van der Waals surface area contributed by atoms with E-state index in [1.165, 1.54) is 9.13 Å². The van der Waals surface area contributed by atoms with Crippen LogP contribution in [0.1, 0.15) is 31.3 Å². The third kappa shape index (κ3) is 4.22. The second kappa shape index (κ2) is 10.1. The molecule has 6 rings (SSSR count). The third-order valence-corrected chi connectivity index (χ3v) is 8.65. The lowest BCUT2D eigenvalue weighted by Crippen LogP contribution is -2.44. The van der Waals surface area contributed by atoms with Crippen LogP contribution in [0.3, 0.4) is 0 Å². The summed E-state index contributed by atoms with van der Waals surface area (Å²) < 4.78 is 11.8. The van der Waals surface area contributed by atoms with E-state index in [9.17, 15) is 9.59 Å². The van der Waals surface area contributed by atoms with Gasteiger partial charge in [-0.15, -0.1) is 17.3 Å². The molecule has 5 heterocycles. The Morgan fingerprint density at radius 3 is 2.77 bits per heavy atom. The monoisotopic (exact) mass is 558 g/mol. The molecule has 1 atom stereocenters. The second-order valence-corrected chi connectivity index (χ2v) is 11.1. The first kappa shape index (κ1) is 26.0. The predicted molar refractivity (Wildman–Crippen MR) is 157 cm³/mol. The number of hydrogen-bond acceptors (Lipinski definition) is 9. The highest BCUT2D eigenvalue weighted by molar-refractivity contribution is 7.25. The molecule has 1 saturated heterocycles. The minimum absolute atomic E-state index is 0.0179. The summed E-state index contributed by atoms with van der Waals surface area (Å²) in [7, 11) is 3.27. The molecule has 0 radical (unpaired) electrons. The molecule has 0 amide bonds. The Hall–Kier alpha value is -4.21. The number of ether oxygens (including phenoxy) is 1. The summed E-state index contributed by atoms with van der Waals surface area (Å²) in [5.74, 6) is 7.73. The Labute approximate surface area is 233 Å². The number of imidazole rings is 1. The van der Waals surface area contributed by atoms with Crippen LogP contribution in [0, 0.1) is 18.8 Å². The van der Waals surface area contributed by atoms with Gasteiger partial charge in [-0.2, -0.15) is 4.98 Å². The van der Waals surface area contributed by atoms with Crippen LogP contribution in [0.25, 0.3) is 31.5 Å². The Bertz CT molecular complexity index is 1970. The average Bonchev–Trinajstić information content (AvgIpc) is 3.52. The predicted octanol–water partition coefficient (Wildman–Crippen LogP) is 2.37. The van der Waals surface area contributed by atoms with E-state index in [2.05, 4.69) is 21.7 Å². The zero-order valence-corrected chi connectivity index (χ0v) is 23.7. The Morgan fingerprint density at radius 1 is 1.20 bits per heavy atom. The van der Waals surface area contributed by atoms with Gasteiger partial charge in [-0.25, -0.2) is 14.8 Å². The number of nitrogens with zero attached hydrogens (tertiary/aromatic N) is 7. The van der Waals surface area contributed by atoms with Crippen LogP contribution >= 0.6 is 11.3 Å². The molecule has 0 bridgehead atoms. The zero-order chi connectivity index (χ0) is 28.1. The third-order valence-electron chi connectivity index (χ3n) is 7.40. The Morgan fingerprint density at radius 2 is 2.02 bits per heavy atom. The second-order valence-electron chi connectivity index (χ2n) is 10.0. The van der Waals surface area contributed by atoms with Crippen molar-refractivity contribution in [3.63, 3.8) is 0 Å². The molecule has 206 valence electrons. The molecule has 12 heteroatoms. The highest BCUT2D eigenvalue weighted by atomic mass is 32.1. The Balaban J connectivity index is 1.51. The topological polar surface area (TPSA) is 126 Å². The number of piperidine rings is 1. The van der Waals surface area contributed by atoms with E-state index in [-0.39, 0.29) is 19.1 Å². The van der Waals surface area contributed by atoms with Gasteiger partial charge in [0.05, 0.1) is 36.1 Å². The lowest BCUT2D eigenvalue weighted by atomic mass is 10.1. The van der Waals surface area contributed by atoms with Crippen molar-refractivity contribution in [2.24, 2.45) is 12.8 Å². The van der Waals surface area contributed by atoms with Crippen molar-refractivity contribution in [3.8, 4) is 17.6 Å². The molecule has 2 N–H and O–H groups in total. The quantitative estimate of drug-likeness (QED) is 0.326. The summed E-state index contributed by atoms with van der Waals surface area (Å²) in [5.41, 5.74) is 7.55. The van der Waals surface area contributed by atoms with Crippen LogP contribution < -0.4 is 26.6 Å². The molecule has 4 aromatic heterocycles. The molecule has 0 saturated carbocycles. The minimum Gasteiger partial charge on any atom is -0.497 e. The van der Waals surface area contributed by atoms with E-state index in [0.29, 0.717) is 29.5 Å². The standard InChI is InChI=1S/C28H30N8O3S/c1-5-6-12-35-23-25(32-27(35)34-11-7-8-17(29)14-34)33(3)28(38)36(26(23)37)15-21-30-16(2)24-22(31-21)19-10-9-18(39-4)13-20(19)40-24/h9-10,13,17H,7-8,11-12,14-15,29H2,1-4H3/t17-/m1/s1. The van der Waals surface area contributed by atoms with E-state index < -0.39 is 11.2 Å². The number of aromatic nitrogens is 6. The lowest BCUT2D eigenvalue weighted by molar-refractivity contribution is 0.415. The number of methoxy groups -OCH3 is 1. The first-order valence-electron chi connectivity index (χ1n) is 13.1. The zero-order valence-electron chi connectivity index (χ0n) is 22.9. The van der Waals surface area contributed by atoms with Gasteiger partial charge >= 0.3 is 5.69 Å². The van der Waals surface area contributed by atoms with Crippen molar-refractivity contribution in [2.75, 3.05) is 25.1 Å². The number of thiophene rings is 1. The molecule has 1 aliphatic rings. The van der Waals surface area contributed by atoms with Crippen molar-refractivity contribution in [3.05, 3.63) is 50.6 Å². The van der Waals surface area contributed by atoms with E-state index in [4.69, 9.17) is 20.4 Å². The van der Waals surface area contributed by atoms with Crippen LogP contribution in [-0.2, 0) is 20.1 Å². The van der Waals surface area contributed by atoms with Crippen LogP contribution in [0.2, 0.25) is 0 Å². The molecule has 11 nitrogen and oxygen atoms in total. The summed E-state index contributed by atoms with van der Waals surface area (Å²) in [6, 6.07) is 5.86. The van der Waals surface area contributed by atoms with Gasteiger partial charge in [-0.05, 0) is 44.9 Å². The van der Waals surface area contributed by atoms with Crippen molar-refractivity contribution >= 4 is 48.8 Å². The fraction of sp³-hybridized carbons (Fsp3) is 0.393. The maximum Gasteiger partial charge on any atom is 0.332 e. The molecule has 1 fully saturated rings. The summed E-state index contributed by atoms with van der Waals surface area (Å²) >= 11 is 1.59. The van der Waals surface area contributed by atoms with Crippen LogP contribution in [-0.4, -0.2) is 54.9 Å². The normalized spacial score (nSPS) is 15.6. The maximum absolute atomic E-state index is 14.0. The number of anilines is 1. The van der Waals surface area contributed by atoms with E-state index in [0.717, 1.165) is 51.1 Å². The SMILES string of the molecule is CC#CCn1c(N2CCC[C@@H](N)C2)nc2c1c(=O)n(Cc1nc(C)c3sc4cc(OC)ccc4c3n1)c(=O)n2C. The highest BCUT2D eigenvalue weighted by Crippen LogP contribution is 2.36. The van der Waals surface area contributed by atoms with E-state index in [1.54, 1.807) is 37.0 Å². The number of hydrogen-bond donors (Lipinski definition) is 1. The number of rotatable bonds is 5. The summed E-state index contributed by atoms with van der Waals surface area (Å²) in [6.45, 7) is 5.26. The minimum atomic E-state index is -0.480. The fourth-order valence-corrected chi connectivity index (χ4v) is 6.51.